The summed E-state index contributed by atoms with van der Waals surface area (Å²) in [6.45, 7) is 5.84. The van der Waals surface area contributed by atoms with E-state index in [0.717, 1.165) is 5.69 Å². The van der Waals surface area contributed by atoms with E-state index < -0.39 is 17.9 Å². The Bertz CT molecular complexity index is 615. The highest BCUT2D eigenvalue weighted by molar-refractivity contribution is 5.88. The Morgan fingerprint density at radius 2 is 1.73 bits per heavy atom. The van der Waals surface area contributed by atoms with Gasteiger partial charge >= 0.3 is 0 Å². The summed E-state index contributed by atoms with van der Waals surface area (Å²) >= 11 is 0. The Labute approximate surface area is 152 Å². The zero-order valence-corrected chi connectivity index (χ0v) is 15.1. The third-order valence-electron chi connectivity index (χ3n) is 4.59. The van der Waals surface area contributed by atoms with Crippen LogP contribution in [0.4, 0.5) is 10.1 Å². The van der Waals surface area contributed by atoms with Gasteiger partial charge in [-0.25, -0.2) is 9.87 Å². The van der Waals surface area contributed by atoms with Crippen molar-refractivity contribution >= 4 is 17.5 Å². The van der Waals surface area contributed by atoms with Gasteiger partial charge in [-0.3, -0.25) is 14.8 Å². The SMILES string of the molecule is CC(C)C[C@H](C(=O)N1CCN(c2ccc(F)cc2)CC1)[C@@H](O)C(=O)NO. The zero-order chi connectivity index (χ0) is 19.3. The van der Waals surface area contributed by atoms with Crippen LogP contribution in [0.3, 0.4) is 0 Å². The highest BCUT2D eigenvalue weighted by Crippen LogP contribution is 2.22. The smallest absolute Gasteiger partial charge is 0.272 e. The maximum atomic E-state index is 13.0. The predicted octanol–water partition coefficient (Wildman–Crippen LogP) is 1.00. The Morgan fingerprint density at radius 1 is 1.15 bits per heavy atom. The Balaban J connectivity index is 2.01. The van der Waals surface area contributed by atoms with Crippen LogP contribution in [-0.4, -0.2) is 59.3 Å². The van der Waals surface area contributed by atoms with Gasteiger partial charge in [-0.05, 0) is 36.6 Å². The summed E-state index contributed by atoms with van der Waals surface area (Å²) in [5.74, 6) is -2.37. The van der Waals surface area contributed by atoms with Crippen LogP contribution in [0.5, 0.6) is 0 Å². The second kappa shape index (κ2) is 8.95. The molecule has 26 heavy (non-hydrogen) atoms. The van der Waals surface area contributed by atoms with Crippen molar-refractivity contribution in [1.82, 2.24) is 10.4 Å². The molecule has 1 aliphatic heterocycles. The highest BCUT2D eigenvalue weighted by Gasteiger charge is 2.36. The number of halogens is 1. The minimum absolute atomic E-state index is 0.102. The number of piperazine rings is 1. The average Bonchev–Trinajstić information content (AvgIpc) is 2.65. The molecular formula is C18H26FN3O4. The fourth-order valence-electron chi connectivity index (χ4n) is 3.19. The van der Waals surface area contributed by atoms with E-state index in [2.05, 4.69) is 4.90 Å². The minimum atomic E-state index is -1.59. The van der Waals surface area contributed by atoms with Gasteiger partial charge in [0.25, 0.3) is 5.91 Å². The molecule has 0 radical (unpaired) electrons. The quantitative estimate of drug-likeness (QED) is 0.515. The van der Waals surface area contributed by atoms with Crippen LogP contribution < -0.4 is 10.4 Å². The molecule has 2 atom stereocenters. The van der Waals surface area contributed by atoms with E-state index in [4.69, 9.17) is 5.21 Å². The number of nitrogens with one attached hydrogen (secondary N) is 1. The van der Waals surface area contributed by atoms with Crippen molar-refractivity contribution in [3.63, 3.8) is 0 Å². The average molecular weight is 367 g/mol. The lowest BCUT2D eigenvalue weighted by atomic mass is 9.90. The molecule has 0 aromatic heterocycles. The molecule has 144 valence electrons. The van der Waals surface area contributed by atoms with Crippen molar-refractivity contribution in [1.29, 1.82) is 0 Å². The van der Waals surface area contributed by atoms with E-state index in [1.54, 1.807) is 17.0 Å². The molecule has 1 aliphatic rings. The van der Waals surface area contributed by atoms with Gasteiger partial charge in [0.2, 0.25) is 5.91 Å². The van der Waals surface area contributed by atoms with E-state index in [1.165, 1.54) is 17.6 Å². The van der Waals surface area contributed by atoms with E-state index >= 15 is 0 Å². The van der Waals surface area contributed by atoms with Crippen LogP contribution in [0.25, 0.3) is 0 Å². The molecule has 0 aliphatic carbocycles. The van der Waals surface area contributed by atoms with E-state index in [9.17, 15) is 19.1 Å². The van der Waals surface area contributed by atoms with Crippen molar-refractivity contribution in [2.24, 2.45) is 11.8 Å². The number of carbonyl (C=O) groups is 2. The van der Waals surface area contributed by atoms with Crippen molar-refractivity contribution < 1.29 is 24.3 Å². The molecule has 0 saturated carbocycles. The molecular weight excluding hydrogens is 341 g/mol. The van der Waals surface area contributed by atoms with Gasteiger partial charge in [0, 0.05) is 31.9 Å². The maximum absolute atomic E-state index is 13.0. The molecule has 1 fully saturated rings. The fourth-order valence-corrected chi connectivity index (χ4v) is 3.19. The lowest BCUT2D eigenvalue weighted by molar-refractivity contribution is -0.151. The number of nitrogens with zero attached hydrogens (tertiary/aromatic N) is 2. The topological polar surface area (TPSA) is 93.1 Å². The number of rotatable bonds is 6. The van der Waals surface area contributed by atoms with E-state index in [0.29, 0.717) is 32.6 Å². The molecule has 0 bridgehead atoms. The molecule has 1 aromatic carbocycles. The van der Waals surface area contributed by atoms with Crippen LogP contribution in [0.1, 0.15) is 20.3 Å². The number of aliphatic hydroxyl groups is 1. The van der Waals surface area contributed by atoms with Crippen LogP contribution in [0, 0.1) is 17.7 Å². The number of aliphatic hydroxyl groups excluding tert-OH is 1. The summed E-state index contributed by atoms with van der Waals surface area (Å²) in [6.07, 6.45) is -1.25. The number of anilines is 1. The van der Waals surface area contributed by atoms with E-state index in [-0.39, 0.29) is 17.6 Å². The molecule has 3 N–H and O–H groups in total. The first kappa shape index (κ1) is 20.1. The van der Waals surface area contributed by atoms with Gasteiger partial charge in [0.15, 0.2) is 0 Å². The van der Waals surface area contributed by atoms with Gasteiger partial charge in [-0.1, -0.05) is 13.8 Å². The predicted molar refractivity (Wildman–Crippen MR) is 94.1 cm³/mol. The molecule has 2 amide bonds. The lowest BCUT2D eigenvalue weighted by Gasteiger charge is -2.38. The molecule has 0 unspecified atom stereocenters. The Hall–Kier alpha value is -2.19. The number of benzene rings is 1. The van der Waals surface area contributed by atoms with Crippen molar-refractivity contribution in [2.45, 2.75) is 26.4 Å². The van der Waals surface area contributed by atoms with Crippen LogP contribution in [0.15, 0.2) is 24.3 Å². The Kier molecular flexibility index (Phi) is 6.93. The summed E-state index contributed by atoms with van der Waals surface area (Å²) in [6, 6.07) is 6.19. The molecule has 0 spiro atoms. The second-order valence-electron chi connectivity index (χ2n) is 6.95. The minimum Gasteiger partial charge on any atom is -0.382 e. The monoisotopic (exact) mass is 367 g/mol. The summed E-state index contributed by atoms with van der Waals surface area (Å²) in [5.41, 5.74) is 2.30. The Morgan fingerprint density at radius 3 is 2.23 bits per heavy atom. The molecule has 1 aromatic rings. The van der Waals surface area contributed by atoms with Crippen molar-refractivity contribution in [2.75, 3.05) is 31.1 Å². The van der Waals surface area contributed by atoms with Gasteiger partial charge in [-0.15, -0.1) is 0 Å². The van der Waals surface area contributed by atoms with Gasteiger partial charge in [-0.2, -0.15) is 0 Å². The molecule has 1 heterocycles. The molecule has 1 saturated heterocycles. The standard InChI is InChI=1S/C18H26FN3O4/c1-12(2)11-15(16(23)17(24)20-26)18(25)22-9-7-21(8-10-22)14-5-3-13(19)4-6-14/h3-6,12,15-16,23,26H,7-11H2,1-2H3,(H,20,24)/t15-,16+/m0/s1. The number of hydrogen-bond donors (Lipinski definition) is 3. The second-order valence-corrected chi connectivity index (χ2v) is 6.95. The molecule has 2 rings (SSSR count). The summed E-state index contributed by atoms with van der Waals surface area (Å²) < 4.78 is 13.0. The third kappa shape index (κ3) is 4.92. The summed E-state index contributed by atoms with van der Waals surface area (Å²) in [7, 11) is 0. The van der Waals surface area contributed by atoms with Crippen LogP contribution >= 0.6 is 0 Å². The van der Waals surface area contributed by atoms with Crippen molar-refractivity contribution in [3.8, 4) is 0 Å². The third-order valence-corrected chi connectivity index (χ3v) is 4.59. The van der Waals surface area contributed by atoms with Crippen molar-refractivity contribution in [3.05, 3.63) is 30.1 Å². The van der Waals surface area contributed by atoms with Gasteiger partial charge in [0.1, 0.15) is 11.9 Å². The number of amides is 2. The molecule has 7 nitrogen and oxygen atoms in total. The number of carbonyl (C=O) groups excluding carboxylic acids is 2. The van der Waals surface area contributed by atoms with Gasteiger partial charge in [0.05, 0.1) is 5.92 Å². The molecule has 8 heteroatoms. The van der Waals surface area contributed by atoms with Crippen LogP contribution in [0.2, 0.25) is 0 Å². The first-order valence-electron chi connectivity index (χ1n) is 8.74. The largest absolute Gasteiger partial charge is 0.382 e. The zero-order valence-electron chi connectivity index (χ0n) is 15.1. The summed E-state index contributed by atoms with van der Waals surface area (Å²) in [5, 5.41) is 18.9. The normalized spacial score (nSPS) is 17.2. The lowest BCUT2D eigenvalue weighted by Crippen LogP contribution is -2.53. The van der Waals surface area contributed by atoms with Crippen LogP contribution in [-0.2, 0) is 9.59 Å². The maximum Gasteiger partial charge on any atom is 0.272 e. The van der Waals surface area contributed by atoms with E-state index in [1.807, 2.05) is 13.8 Å². The first-order valence-corrected chi connectivity index (χ1v) is 8.74. The number of hydroxylamine groups is 1. The highest BCUT2D eigenvalue weighted by atomic mass is 19.1. The summed E-state index contributed by atoms with van der Waals surface area (Å²) in [4.78, 5) is 28.1. The van der Waals surface area contributed by atoms with Gasteiger partial charge < -0.3 is 14.9 Å². The first-order chi connectivity index (χ1) is 12.3. The fraction of sp³-hybridized carbons (Fsp3) is 0.556. The number of hydrogen-bond acceptors (Lipinski definition) is 5.